The molecule has 0 saturated carbocycles. The summed E-state index contributed by atoms with van der Waals surface area (Å²) in [5.74, 6) is -2.37. The van der Waals surface area contributed by atoms with Crippen LogP contribution in [0.4, 0.5) is 11.4 Å². The molecule has 5 rings (SSSR count). The maximum Gasteiger partial charge on any atom is 0.253 e. The number of fused-ring (bicyclic) bond motifs is 2. The van der Waals surface area contributed by atoms with E-state index in [0.29, 0.717) is 19.5 Å². The van der Waals surface area contributed by atoms with Gasteiger partial charge >= 0.3 is 0 Å². The molecule has 4 aliphatic heterocycles. The summed E-state index contributed by atoms with van der Waals surface area (Å²) in [5, 5.41) is 9.86. The van der Waals surface area contributed by atoms with E-state index in [0.717, 1.165) is 24.5 Å². The van der Waals surface area contributed by atoms with Crippen LogP contribution in [-0.4, -0.2) is 96.3 Å². The molecule has 4 aliphatic rings. The molecule has 2 fully saturated rings. The second-order valence-corrected chi connectivity index (χ2v) is 10.5. The van der Waals surface area contributed by atoms with Gasteiger partial charge in [-0.05, 0) is 44.5 Å². The lowest BCUT2D eigenvalue weighted by Gasteiger charge is -2.38. The van der Waals surface area contributed by atoms with E-state index < -0.39 is 29.1 Å². The minimum absolute atomic E-state index is 0.00879. The third-order valence-corrected chi connectivity index (χ3v) is 8.77. The Hall–Kier alpha value is -3.17. The number of benzene rings is 1. The van der Waals surface area contributed by atoms with Gasteiger partial charge in [0.2, 0.25) is 11.8 Å². The van der Waals surface area contributed by atoms with E-state index in [1.54, 1.807) is 16.8 Å². The Morgan fingerprint density at radius 1 is 0.947 bits per heavy atom. The van der Waals surface area contributed by atoms with Gasteiger partial charge in [-0.25, -0.2) is 0 Å². The molecular weight excluding hydrogens is 484 g/mol. The highest BCUT2D eigenvalue weighted by atomic mass is 16.5. The average molecular weight is 523 g/mol. The zero-order chi connectivity index (χ0) is 27.2. The number of ether oxygens (including phenoxy) is 1. The average Bonchev–Trinajstić information content (AvgIpc) is 3.21. The molecule has 1 N–H and O–H groups in total. The van der Waals surface area contributed by atoms with Gasteiger partial charge in [0.05, 0.1) is 24.0 Å². The van der Waals surface area contributed by atoms with Gasteiger partial charge < -0.3 is 29.4 Å². The SMILES string of the molecule is CCN(CC)c1ccc(N2CC=C[C@]34O[C@@]5(CC)C=CCN(C)C(=O)[C@H]5[C@H]3C(=O)N(CCO)C4C2=O)cc1. The predicted octanol–water partition coefficient (Wildman–Crippen LogP) is 1.82. The Kier molecular flexibility index (Phi) is 6.86. The molecule has 38 heavy (non-hydrogen) atoms. The molecule has 3 amide bonds. The zero-order valence-corrected chi connectivity index (χ0v) is 22.7. The minimum Gasteiger partial charge on any atom is -0.395 e. The molecule has 204 valence electrons. The highest BCUT2D eigenvalue weighted by molar-refractivity contribution is 6.06. The maximum absolute atomic E-state index is 14.3. The van der Waals surface area contributed by atoms with Crippen molar-refractivity contribution >= 4 is 29.1 Å². The first kappa shape index (κ1) is 26.4. The number of aliphatic hydroxyl groups excluding tert-OH is 1. The minimum atomic E-state index is -1.31. The molecule has 0 radical (unpaired) electrons. The van der Waals surface area contributed by atoms with Crippen LogP contribution in [0, 0.1) is 11.8 Å². The highest BCUT2D eigenvalue weighted by Crippen LogP contribution is 2.58. The monoisotopic (exact) mass is 522 g/mol. The number of amides is 3. The first-order valence-electron chi connectivity index (χ1n) is 13.7. The summed E-state index contributed by atoms with van der Waals surface area (Å²) >= 11 is 0. The summed E-state index contributed by atoms with van der Waals surface area (Å²) in [7, 11) is 1.73. The Morgan fingerprint density at radius 2 is 1.63 bits per heavy atom. The summed E-state index contributed by atoms with van der Waals surface area (Å²) < 4.78 is 6.86. The summed E-state index contributed by atoms with van der Waals surface area (Å²) in [5.41, 5.74) is -0.500. The molecule has 4 heterocycles. The normalized spacial score (nSPS) is 32.3. The first-order valence-corrected chi connectivity index (χ1v) is 13.7. The van der Waals surface area contributed by atoms with E-state index in [4.69, 9.17) is 4.74 Å². The number of carbonyl (C=O) groups excluding carboxylic acids is 3. The zero-order valence-electron chi connectivity index (χ0n) is 22.7. The highest BCUT2D eigenvalue weighted by Gasteiger charge is 2.75. The van der Waals surface area contributed by atoms with Crippen LogP contribution in [0.5, 0.6) is 0 Å². The second-order valence-electron chi connectivity index (χ2n) is 10.5. The van der Waals surface area contributed by atoms with Gasteiger partial charge in [-0.1, -0.05) is 31.2 Å². The van der Waals surface area contributed by atoms with E-state index in [1.807, 2.05) is 55.5 Å². The van der Waals surface area contributed by atoms with Crippen molar-refractivity contribution in [1.29, 1.82) is 0 Å². The number of carbonyl (C=O) groups is 3. The van der Waals surface area contributed by atoms with E-state index in [9.17, 15) is 19.5 Å². The number of hydrogen-bond donors (Lipinski definition) is 1. The molecule has 1 unspecified atom stereocenters. The second kappa shape index (κ2) is 9.85. The van der Waals surface area contributed by atoms with Crippen LogP contribution in [0.3, 0.4) is 0 Å². The Labute approximate surface area is 224 Å². The number of nitrogens with zero attached hydrogens (tertiary/aromatic N) is 4. The fourth-order valence-electron chi connectivity index (χ4n) is 6.89. The standard InChI is InChI=1S/C29H38N4O5/c1-5-28-14-8-16-30(4)25(35)22(28)23-26(36)33(18-19-34)24-27(37)32(17-9-15-29(23,24)38-28)21-12-10-20(11-13-21)31(6-2)7-3/h8-15,22-24,34H,5-7,16-19H2,1-4H3/t22-,23+,24?,28+,29+/m1/s1. The fourth-order valence-corrected chi connectivity index (χ4v) is 6.89. The van der Waals surface area contributed by atoms with Crippen LogP contribution in [0.15, 0.2) is 48.6 Å². The van der Waals surface area contributed by atoms with Crippen LogP contribution < -0.4 is 9.80 Å². The summed E-state index contributed by atoms with van der Waals surface area (Å²) in [4.78, 5) is 49.0. The van der Waals surface area contributed by atoms with Crippen LogP contribution in [0.2, 0.25) is 0 Å². The Bertz CT molecular complexity index is 1160. The molecule has 2 saturated heterocycles. The Morgan fingerprint density at radius 3 is 2.26 bits per heavy atom. The van der Waals surface area contributed by atoms with E-state index in [-0.39, 0.29) is 30.9 Å². The number of β-amino-alcohol motifs (C(OH)–C–C–N with tert-alkyl or cyclic N) is 1. The summed E-state index contributed by atoms with van der Waals surface area (Å²) in [6, 6.07) is 6.87. The summed E-state index contributed by atoms with van der Waals surface area (Å²) in [6.45, 7) is 8.36. The van der Waals surface area contributed by atoms with Gasteiger partial charge in [0.15, 0.2) is 0 Å². The molecule has 1 aromatic rings. The first-order chi connectivity index (χ1) is 18.3. The van der Waals surface area contributed by atoms with Crippen LogP contribution in [0.25, 0.3) is 0 Å². The van der Waals surface area contributed by atoms with Crippen LogP contribution >= 0.6 is 0 Å². The molecule has 1 aromatic carbocycles. The lowest BCUT2D eigenvalue weighted by molar-refractivity contribution is -0.149. The van der Waals surface area contributed by atoms with Gasteiger partial charge in [-0.3, -0.25) is 14.4 Å². The van der Waals surface area contributed by atoms with Crippen molar-refractivity contribution in [3.63, 3.8) is 0 Å². The van der Waals surface area contributed by atoms with Crippen LogP contribution in [-0.2, 0) is 19.1 Å². The van der Waals surface area contributed by atoms with Crippen molar-refractivity contribution in [3.05, 3.63) is 48.6 Å². The van der Waals surface area contributed by atoms with Crippen LogP contribution in [0.1, 0.15) is 27.2 Å². The maximum atomic E-state index is 14.3. The predicted molar refractivity (Wildman–Crippen MR) is 145 cm³/mol. The molecule has 0 aromatic heterocycles. The van der Waals surface area contributed by atoms with Gasteiger partial charge in [0, 0.05) is 51.1 Å². The van der Waals surface area contributed by atoms with Gasteiger partial charge in [0.25, 0.3) is 5.91 Å². The topological polar surface area (TPSA) is 93.6 Å². The van der Waals surface area contributed by atoms with Crippen molar-refractivity contribution < 1.29 is 24.2 Å². The third kappa shape index (κ3) is 3.70. The van der Waals surface area contributed by atoms with E-state index in [2.05, 4.69) is 18.7 Å². The number of anilines is 2. The number of rotatable bonds is 7. The molecule has 0 aliphatic carbocycles. The van der Waals surface area contributed by atoms with Crippen molar-refractivity contribution in [1.82, 2.24) is 9.80 Å². The smallest absolute Gasteiger partial charge is 0.253 e. The van der Waals surface area contributed by atoms with Gasteiger partial charge in [0.1, 0.15) is 11.6 Å². The fraction of sp³-hybridized carbons (Fsp3) is 0.552. The molecule has 0 bridgehead atoms. The quantitative estimate of drug-likeness (QED) is 0.549. The van der Waals surface area contributed by atoms with E-state index in [1.165, 1.54) is 4.90 Å². The molecule has 9 nitrogen and oxygen atoms in total. The number of likely N-dealkylation sites (N-methyl/N-ethyl adjacent to an activating group) is 1. The summed E-state index contributed by atoms with van der Waals surface area (Å²) in [6.07, 6.45) is 8.04. The molecule has 5 atom stereocenters. The van der Waals surface area contributed by atoms with Crippen molar-refractivity contribution in [3.8, 4) is 0 Å². The Balaban J connectivity index is 1.59. The van der Waals surface area contributed by atoms with E-state index >= 15 is 0 Å². The third-order valence-electron chi connectivity index (χ3n) is 8.77. The number of aliphatic hydroxyl groups is 1. The largest absolute Gasteiger partial charge is 0.395 e. The number of likely N-dealkylation sites (tertiary alicyclic amines) is 1. The number of hydrogen-bond acceptors (Lipinski definition) is 6. The van der Waals surface area contributed by atoms with Crippen molar-refractivity contribution in [2.75, 3.05) is 56.2 Å². The van der Waals surface area contributed by atoms with Crippen molar-refractivity contribution in [2.24, 2.45) is 11.8 Å². The lowest BCUT2D eigenvalue weighted by atomic mass is 9.73. The van der Waals surface area contributed by atoms with Crippen molar-refractivity contribution in [2.45, 2.75) is 44.4 Å². The molecular formula is C29H38N4O5. The van der Waals surface area contributed by atoms with Gasteiger partial charge in [-0.2, -0.15) is 0 Å². The molecule has 9 heteroatoms. The molecule has 1 spiro atoms. The lowest BCUT2D eigenvalue weighted by Crippen LogP contribution is -2.56. The van der Waals surface area contributed by atoms with Gasteiger partial charge in [-0.15, -0.1) is 0 Å².